The molecule has 194 valence electrons. The molecule has 37 heavy (non-hydrogen) atoms. The average Bonchev–Trinajstić information content (AvgIpc) is 3.33. The number of hydrogen-bond acceptors (Lipinski definition) is 7. The molecular weight excluding hydrogens is 517 g/mol. The van der Waals surface area contributed by atoms with Crippen LogP contribution in [0.4, 0.5) is 24.5 Å². The fraction of sp³-hybridized carbons (Fsp3) is 0.261. The zero-order valence-corrected chi connectivity index (χ0v) is 19.7. The molecule has 1 fully saturated rings. The molecule has 1 aliphatic rings. The lowest BCUT2D eigenvalue weighted by molar-refractivity contribution is -0.137. The predicted octanol–water partition coefficient (Wildman–Crippen LogP) is 2.79. The van der Waals surface area contributed by atoms with E-state index in [0.717, 1.165) is 12.1 Å². The smallest absolute Gasteiger partial charge is 0.378 e. The van der Waals surface area contributed by atoms with Crippen molar-refractivity contribution in [1.29, 1.82) is 0 Å². The number of carbonyl (C=O) groups excluding carboxylic acids is 2. The molecule has 0 bridgehead atoms. The molecule has 1 unspecified atom stereocenters. The van der Waals surface area contributed by atoms with Crippen LogP contribution < -0.4 is 21.5 Å². The van der Waals surface area contributed by atoms with Crippen molar-refractivity contribution in [2.75, 3.05) is 18.5 Å². The van der Waals surface area contributed by atoms with E-state index in [1.807, 2.05) is 0 Å². The third-order valence-corrected chi connectivity index (χ3v) is 5.79. The number of nitrogens with zero attached hydrogens (tertiary/aromatic N) is 2. The van der Waals surface area contributed by atoms with Gasteiger partial charge < -0.3 is 20.7 Å². The molecule has 1 atom stereocenters. The van der Waals surface area contributed by atoms with Gasteiger partial charge in [0.1, 0.15) is 5.54 Å². The van der Waals surface area contributed by atoms with Crippen molar-refractivity contribution >= 4 is 34.8 Å². The highest BCUT2D eigenvalue weighted by molar-refractivity contribution is 6.30. The lowest BCUT2D eigenvalue weighted by Gasteiger charge is -2.27. The minimum atomic E-state index is -4.60. The largest absolute Gasteiger partial charge is 0.418 e. The van der Waals surface area contributed by atoms with Gasteiger partial charge in [-0.3, -0.25) is 19.4 Å². The van der Waals surface area contributed by atoms with E-state index < -0.39 is 34.7 Å². The molecule has 14 heteroatoms. The van der Waals surface area contributed by atoms with Crippen LogP contribution in [0, 0.1) is 0 Å². The molecule has 2 amide bonds. The Bertz CT molecular complexity index is 1360. The molecule has 4 N–H and O–H groups in total. The van der Waals surface area contributed by atoms with Gasteiger partial charge in [-0.25, -0.2) is 5.10 Å². The molecule has 0 aliphatic carbocycles. The van der Waals surface area contributed by atoms with Crippen molar-refractivity contribution in [2.45, 2.75) is 24.7 Å². The van der Waals surface area contributed by atoms with Gasteiger partial charge in [-0.05, 0) is 30.3 Å². The highest BCUT2D eigenvalue weighted by Crippen LogP contribution is 2.37. The molecule has 4 rings (SSSR count). The van der Waals surface area contributed by atoms with Crippen LogP contribution in [-0.4, -0.2) is 45.7 Å². The topological polar surface area (TPSA) is 138 Å². The van der Waals surface area contributed by atoms with E-state index in [1.54, 1.807) is 0 Å². The first-order valence-corrected chi connectivity index (χ1v) is 11.3. The number of carbonyl (C=O) groups is 2. The van der Waals surface area contributed by atoms with Gasteiger partial charge in [-0.2, -0.15) is 18.3 Å². The van der Waals surface area contributed by atoms with E-state index in [4.69, 9.17) is 16.3 Å². The summed E-state index contributed by atoms with van der Waals surface area (Å²) in [5.74, 6) is -1.18. The Hall–Kier alpha value is -3.97. The molecule has 10 nitrogen and oxygen atoms in total. The minimum Gasteiger partial charge on any atom is -0.378 e. The third kappa shape index (κ3) is 6.24. The van der Waals surface area contributed by atoms with Crippen molar-refractivity contribution in [3.05, 3.63) is 81.0 Å². The van der Waals surface area contributed by atoms with E-state index in [-0.39, 0.29) is 42.5 Å². The molecule has 0 saturated carbocycles. The lowest BCUT2D eigenvalue weighted by atomic mass is 9.96. The van der Waals surface area contributed by atoms with Gasteiger partial charge in [0.25, 0.3) is 11.5 Å². The second kappa shape index (κ2) is 10.6. The molecule has 3 aromatic rings. The molecule has 0 radical (unpaired) electrons. The van der Waals surface area contributed by atoms with E-state index in [0.29, 0.717) is 11.4 Å². The van der Waals surface area contributed by atoms with Crippen LogP contribution in [0.15, 0.2) is 53.6 Å². The van der Waals surface area contributed by atoms with Crippen LogP contribution >= 0.6 is 11.6 Å². The predicted molar refractivity (Wildman–Crippen MR) is 126 cm³/mol. The highest BCUT2D eigenvalue weighted by atomic mass is 35.5. The van der Waals surface area contributed by atoms with E-state index in [9.17, 15) is 27.6 Å². The Kier molecular flexibility index (Phi) is 7.45. The number of amides is 2. The Morgan fingerprint density at radius 3 is 2.62 bits per heavy atom. The van der Waals surface area contributed by atoms with Gasteiger partial charge in [-0.15, -0.1) is 0 Å². The van der Waals surface area contributed by atoms with Crippen molar-refractivity contribution in [2.24, 2.45) is 0 Å². The fourth-order valence-electron chi connectivity index (χ4n) is 3.65. The maximum atomic E-state index is 13.3. The zero-order valence-electron chi connectivity index (χ0n) is 19.0. The number of aromatic nitrogens is 3. The normalized spacial score (nSPS) is 17.3. The molecule has 2 aromatic heterocycles. The second-order valence-corrected chi connectivity index (χ2v) is 8.64. The number of benzene rings is 1. The number of alkyl halides is 3. The summed E-state index contributed by atoms with van der Waals surface area (Å²) >= 11 is 5.71. The summed E-state index contributed by atoms with van der Waals surface area (Å²) in [5.41, 5.74) is -2.32. The molecule has 1 saturated heterocycles. The highest BCUT2D eigenvalue weighted by Gasteiger charge is 2.44. The third-order valence-electron chi connectivity index (χ3n) is 5.56. The maximum Gasteiger partial charge on any atom is 0.418 e. The van der Waals surface area contributed by atoms with Gasteiger partial charge in [0.05, 0.1) is 53.7 Å². The minimum absolute atomic E-state index is 0.0121. The standard InChI is InChI=1S/C23H20ClF3N6O4/c24-14-1-4-18(17(8-14)23(25,26)27)31-16-3-2-15(28-11-16)10-29-21(36)22(5-6-37-12-22)32-20(35)13-7-19(34)33-30-9-13/h1-4,7-9,11,31H,5-6,10,12H2,(H,29,36)(H,32,35)(H,33,34). The summed E-state index contributed by atoms with van der Waals surface area (Å²) in [7, 11) is 0. The van der Waals surface area contributed by atoms with E-state index in [2.05, 4.69) is 31.1 Å². The Labute approximate surface area is 212 Å². The number of halogens is 4. The number of nitrogens with one attached hydrogen (secondary N) is 4. The molecule has 1 aliphatic heterocycles. The van der Waals surface area contributed by atoms with Gasteiger partial charge >= 0.3 is 6.18 Å². The summed E-state index contributed by atoms with van der Waals surface area (Å²) in [6, 6.07) is 7.49. The van der Waals surface area contributed by atoms with Crippen LogP contribution in [0.3, 0.4) is 0 Å². The summed E-state index contributed by atoms with van der Waals surface area (Å²) in [4.78, 5) is 41.2. The molecule has 0 spiro atoms. The Balaban J connectivity index is 1.40. The monoisotopic (exact) mass is 536 g/mol. The molecule has 3 heterocycles. The van der Waals surface area contributed by atoms with Gasteiger partial charge in [0, 0.05) is 24.1 Å². The summed E-state index contributed by atoms with van der Waals surface area (Å²) < 4.78 is 45.3. The quantitative estimate of drug-likeness (QED) is 0.364. The summed E-state index contributed by atoms with van der Waals surface area (Å²) in [6.07, 6.45) is -1.90. The first-order valence-electron chi connectivity index (χ1n) is 10.9. The number of anilines is 2. The maximum absolute atomic E-state index is 13.3. The van der Waals surface area contributed by atoms with Gasteiger partial charge in [-0.1, -0.05) is 11.6 Å². The summed E-state index contributed by atoms with van der Waals surface area (Å²) in [5, 5.41) is 13.7. The van der Waals surface area contributed by atoms with E-state index in [1.165, 1.54) is 36.7 Å². The number of rotatable bonds is 7. The number of aromatic amines is 1. The second-order valence-electron chi connectivity index (χ2n) is 8.21. The first kappa shape index (κ1) is 26.1. The van der Waals surface area contributed by atoms with E-state index >= 15 is 0 Å². The van der Waals surface area contributed by atoms with Crippen LogP contribution in [-0.2, 0) is 22.3 Å². The molecular formula is C23H20ClF3N6O4. The number of pyridine rings is 1. The SMILES string of the molecule is O=C(NC1(C(=O)NCc2ccc(Nc3ccc(Cl)cc3C(F)(F)F)cn2)CCOC1)c1cn[nH]c(=O)c1. The number of H-pyrrole nitrogens is 1. The van der Waals surface area contributed by atoms with Crippen molar-refractivity contribution in [1.82, 2.24) is 25.8 Å². The molecule has 1 aromatic carbocycles. The van der Waals surface area contributed by atoms with Crippen LogP contribution in [0.5, 0.6) is 0 Å². The lowest BCUT2D eigenvalue weighted by Crippen LogP contribution is -2.59. The van der Waals surface area contributed by atoms with Crippen LogP contribution in [0.2, 0.25) is 5.02 Å². The fourth-order valence-corrected chi connectivity index (χ4v) is 3.82. The Morgan fingerprint density at radius 1 is 1.16 bits per heavy atom. The number of hydrogen-bond donors (Lipinski definition) is 4. The summed E-state index contributed by atoms with van der Waals surface area (Å²) in [6.45, 7) is 0.155. The van der Waals surface area contributed by atoms with Crippen LogP contribution in [0.25, 0.3) is 0 Å². The first-order chi connectivity index (χ1) is 17.6. The van der Waals surface area contributed by atoms with Crippen LogP contribution in [0.1, 0.15) is 28.0 Å². The zero-order chi connectivity index (χ0) is 26.6. The van der Waals surface area contributed by atoms with Crippen molar-refractivity contribution < 1.29 is 27.5 Å². The van der Waals surface area contributed by atoms with Crippen molar-refractivity contribution in [3.8, 4) is 0 Å². The average molecular weight is 537 g/mol. The van der Waals surface area contributed by atoms with Gasteiger partial charge in [0.15, 0.2) is 0 Å². The Morgan fingerprint density at radius 2 is 1.97 bits per heavy atom. The van der Waals surface area contributed by atoms with Crippen molar-refractivity contribution in [3.63, 3.8) is 0 Å². The number of ether oxygens (including phenoxy) is 1. The van der Waals surface area contributed by atoms with Gasteiger partial charge in [0.2, 0.25) is 5.91 Å².